The molecule has 0 saturated carbocycles. The van der Waals surface area contributed by atoms with Crippen LogP contribution in [0.5, 0.6) is 0 Å². The fourth-order valence-corrected chi connectivity index (χ4v) is 4.53. The average molecular weight is 401 g/mol. The second-order valence-electron chi connectivity index (χ2n) is 7.44. The number of hydrogen-bond acceptors (Lipinski definition) is 6. The molecule has 0 radical (unpaired) electrons. The van der Waals surface area contributed by atoms with Gasteiger partial charge in [0, 0.05) is 57.6 Å². The van der Waals surface area contributed by atoms with Gasteiger partial charge in [-0.05, 0) is 5.56 Å². The van der Waals surface area contributed by atoms with E-state index in [2.05, 4.69) is 39.4 Å². The first kappa shape index (κ1) is 19.5. The molecule has 3 heterocycles. The largest absolute Gasteiger partial charge is 0.379 e. The lowest BCUT2D eigenvalue weighted by atomic mass is 10.2. The molecule has 0 spiro atoms. The van der Waals surface area contributed by atoms with Gasteiger partial charge in [-0.15, -0.1) is 11.3 Å². The van der Waals surface area contributed by atoms with E-state index in [0.717, 1.165) is 71.1 Å². The normalized spacial score (nSPS) is 19.1. The molecule has 2 aromatic rings. The fraction of sp³-hybridized carbons (Fsp3) is 0.524. The molecular formula is C21H28N4O2S. The Labute approximate surface area is 170 Å². The van der Waals surface area contributed by atoms with Crippen LogP contribution in [-0.2, 0) is 22.5 Å². The van der Waals surface area contributed by atoms with Crippen molar-refractivity contribution in [2.75, 3.05) is 59.0 Å². The second kappa shape index (κ2) is 9.60. The van der Waals surface area contributed by atoms with Gasteiger partial charge in [0.05, 0.1) is 30.5 Å². The van der Waals surface area contributed by atoms with Crippen LogP contribution in [0.25, 0.3) is 0 Å². The molecule has 0 atom stereocenters. The molecule has 2 saturated heterocycles. The Balaban J connectivity index is 1.21. The molecule has 0 unspecified atom stereocenters. The standard InChI is InChI=1S/C21H28N4O2S/c26-21(16-24-10-12-27-13-11-24)25-8-6-23(7-9-25)15-19-17-28-20(22-19)14-18-4-2-1-3-5-18/h1-5,17H,6-16H2. The summed E-state index contributed by atoms with van der Waals surface area (Å²) in [6, 6.07) is 10.5. The highest BCUT2D eigenvalue weighted by atomic mass is 32.1. The number of aromatic nitrogens is 1. The number of hydrogen-bond donors (Lipinski definition) is 0. The average Bonchev–Trinajstić information content (AvgIpc) is 3.17. The number of thiazole rings is 1. The molecule has 2 aliphatic heterocycles. The minimum atomic E-state index is 0.250. The SMILES string of the molecule is O=C(CN1CCOCC1)N1CCN(Cc2csc(Cc3ccccc3)n2)CC1. The number of morpholine rings is 1. The minimum absolute atomic E-state index is 0.250. The van der Waals surface area contributed by atoms with Gasteiger partial charge in [0.1, 0.15) is 0 Å². The van der Waals surface area contributed by atoms with Gasteiger partial charge in [-0.3, -0.25) is 14.6 Å². The van der Waals surface area contributed by atoms with Crippen molar-refractivity contribution >= 4 is 17.2 Å². The number of piperazine rings is 1. The molecule has 0 bridgehead atoms. The molecule has 0 aliphatic carbocycles. The van der Waals surface area contributed by atoms with Crippen molar-refractivity contribution in [2.45, 2.75) is 13.0 Å². The third kappa shape index (κ3) is 5.38. The van der Waals surface area contributed by atoms with Gasteiger partial charge in [0.15, 0.2) is 0 Å². The summed E-state index contributed by atoms with van der Waals surface area (Å²) in [6.45, 7) is 8.05. The predicted octanol–water partition coefficient (Wildman–Crippen LogP) is 1.71. The maximum Gasteiger partial charge on any atom is 0.236 e. The first-order valence-electron chi connectivity index (χ1n) is 10.0. The number of benzene rings is 1. The van der Waals surface area contributed by atoms with Gasteiger partial charge in [-0.2, -0.15) is 0 Å². The van der Waals surface area contributed by atoms with Crippen molar-refractivity contribution in [1.82, 2.24) is 19.7 Å². The van der Waals surface area contributed by atoms with E-state index in [9.17, 15) is 4.79 Å². The van der Waals surface area contributed by atoms with Crippen molar-refractivity contribution in [2.24, 2.45) is 0 Å². The maximum absolute atomic E-state index is 12.5. The summed E-state index contributed by atoms with van der Waals surface area (Å²) in [5, 5.41) is 3.34. The Kier molecular flexibility index (Phi) is 6.69. The van der Waals surface area contributed by atoms with E-state index in [-0.39, 0.29) is 5.91 Å². The number of carbonyl (C=O) groups excluding carboxylic acids is 1. The molecule has 2 aliphatic rings. The van der Waals surface area contributed by atoms with E-state index in [0.29, 0.717) is 6.54 Å². The number of nitrogens with zero attached hydrogens (tertiary/aromatic N) is 4. The van der Waals surface area contributed by atoms with Crippen LogP contribution in [0.3, 0.4) is 0 Å². The van der Waals surface area contributed by atoms with Crippen molar-refractivity contribution < 1.29 is 9.53 Å². The highest BCUT2D eigenvalue weighted by Crippen LogP contribution is 2.17. The van der Waals surface area contributed by atoms with Crippen LogP contribution in [0.2, 0.25) is 0 Å². The quantitative estimate of drug-likeness (QED) is 0.739. The third-order valence-corrected chi connectivity index (χ3v) is 6.27. The molecule has 1 amide bonds. The monoisotopic (exact) mass is 400 g/mol. The van der Waals surface area contributed by atoms with E-state index in [1.54, 1.807) is 11.3 Å². The Hall–Kier alpha value is -1.80. The summed E-state index contributed by atoms with van der Waals surface area (Å²) in [5.41, 5.74) is 2.44. The Morgan fingerprint density at radius 1 is 1.00 bits per heavy atom. The van der Waals surface area contributed by atoms with E-state index in [4.69, 9.17) is 9.72 Å². The molecule has 1 aromatic carbocycles. The van der Waals surface area contributed by atoms with Gasteiger partial charge in [-0.25, -0.2) is 4.98 Å². The molecule has 28 heavy (non-hydrogen) atoms. The topological polar surface area (TPSA) is 48.9 Å². The highest BCUT2D eigenvalue weighted by molar-refractivity contribution is 7.09. The summed E-state index contributed by atoms with van der Waals surface area (Å²) < 4.78 is 5.35. The number of rotatable bonds is 6. The third-order valence-electron chi connectivity index (χ3n) is 5.37. The molecule has 150 valence electrons. The Morgan fingerprint density at radius 2 is 1.75 bits per heavy atom. The lowest BCUT2D eigenvalue weighted by Crippen LogP contribution is -2.52. The van der Waals surface area contributed by atoms with Gasteiger partial charge < -0.3 is 9.64 Å². The molecule has 0 N–H and O–H groups in total. The first-order valence-corrected chi connectivity index (χ1v) is 10.9. The fourth-order valence-electron chi connectivity index (χ4n) is 3.71. The minimum Gasteiger partial charge on any atom is -0.379 e. The maximum atomic E-state index is 12.5. The van der Waals surface area contributed by atoms with E-state index in [1.807, 2.05) is 11.0 Å². The zero-order chi connectivity index (χ0) is 19.2. The summed E-state index contributed by atoms with van der Waals surface area (Å²) >= 11 is 1.74. The Morgan fingerprint density at radius 3 is 2.50 bits per heavy atom. The predicted molar refractivity (Wildman–Crippen MR) is 110 cm³/mol. The van der Waals surface area contributed by atoms with Crippen molar-refractivity contribution in [1.29, 1.82) is 0 Å². The van der Waals surface area contributed by atoms with Crippen molar-refractivity contribution in [3.8, 4) is 0 Å². The van der Waals surface area contributed by atoms with Gasteiger partial charge in [0.25, 0.3) is 0 Å². The number of carbonyl (C=O) groups is 1. The van der Waals surface area contributed by atoms with Crippen molar-refractivity contribution in [3.63, 3.8) is 0 Å². The van der Waals surface area contributed by atoms with Crippen LogP contribution in [0.15, 0.2) is 35.7 Å². The molecule has 2 fully saturated rings. The van der Waals surface area contributed by atoms with Crippen LogP contribution in [-0.4, -0.2) is 84.6 Å². The summed E-state index contributed by atoms with van der Waals surface area (Å²) in [5.74, 6) is 0.250. The molecule has 6 nitrogen and oxygen atoms in total. The number of ether oxygens (including phenoxy) is 1. The lowest BCUT2D eigenvalue weighted by molar-refractivity contribution is -0.135. The van der Waals surface area contributed by atoms with Crippen LogP contribution in [0.1, 0.15) is 16.3 Å². The van der Waals surface area contributed by atoms with Crippen LogP contribution in [0, 0.1) is 0 Å². The lowest BCUT2D eigenvalue weighted by Gasteiger charge is -2.36. The second-order valence-corrected chi connectivity index (χ2v) is 8.38. The van der Waals surface area contributed by atoms with Crippen molar-refractivity contribution in [3.05, 3.63) is 52.0 Å². The summed E-state index contributed by atoms with van der Waals surface area (Å²) in [7, 11) is 0. The van der Waals surface area contributed by atoms with Crippen LogP contribution >= 0.6 is 11.3 Å². The zero-order valence-electron chi connectivity index (χ0n) is 16.3. The molecule has 7 heteroatoms. The molecule has 1 aromatic heterocycles. The highest BCUT2D eigenvalue weighted by Gasteiger charge is 2.23. The Bertz CT molecular complexity index is 753. The van der Waals surface area contributed by atoms with Gasteiger partial charge in [0.2, 0.25) is 5.91 Å². The van der Waals surface area contributed by atoms with Gasteiger partial charge >= 0.3 is 0 Å². The smallest absolute Gasteiger partial charge is 0.236 e. The summed E-state index contributed by atoms with van der Waals surface area (Å²) in [4.78, 5) is 23.9. The van der Waals surface area contributed by atoms with E-state index in [1.165, 1.54) is 10.6 Å². The zero-order valence-corrected chi connectivity index (χ0v) is 17.1. The van der Waals surface area contributed by atoms with E-state index < -0.39 is 0 Å². The first-order chi connectivity index (χ1) is 13.8. The van der Waals surface area contributed by atoms with Gasteiger partial charge in [-0.1, -0.05) is 30.3 Å². The van der Waals surface area contributed by atoms with E-state index >= 15 is 0 Å². The summed E-state index contributed by atoms with van der Waals surface area (Å²) in [6.07, 6.45) is 0.898. The van der Waals surface area contributed by atoms with Crippen LogP contribution < -0.4 is 0 Å². The number of amides is 1. The molecular weight excluding hydrogens is 372 g/mol. The van der Waals surface area contributed by atoms with Crippen LogP contribution in [0.4, 0.5) is 0 Å². The molecule has 4 rings (SSSR count).